The van der Waals surface area contributed by atoms with Gasteiger partial charge in [0, 0.05) is 29.2 Å². The van der Waals surface area contributed by atoms with E-state index in [1.165, 1.54) is 13.8 Å². The number of carboxylic acid groups (broad SMARTS) is 3. The Bertz CT molecular complexity index is 501. The highest BCUT2D eigenvalue weighted by atomic mass is 16.5. The third-order valence-electron chi connectivity index (χ3n) is 1.89. The van der Waals surface area contributed by atoms with Gasteiger partial charge in [0.15, 0.2) is 0 Å². The number of carbonyl (C=O) groups is 4. The van der Waals surface area contributed by atoms with Crippen molar-refractivity contribution in [2.24, 2.45) is 0 Å². The third-order valence-corrected chi connectivity index (χ3v) is 1.89. The second-order valence-electron chi connectivity index (χ2n) is 4.06. The van der Waals surface area contributed by atoms with Crippen LogP contribution in [0.15, 0.2) is 36.0 Å². The van der Waals surface area contributed by atoms with E-state index in [0.717, 1.165) is 0 Å². The monoisotopic (exact) mass is 314 g/mol. The molecule has 0 aliphatic heterocycles. The van der Waals surface area contributed by atoms with E-state index in [2.05, 4.69) is 17.9 Å². The van der Waals surface area contributed by atoms with Crippen LogP contribution in [-0.2, 0) is 23.9 Å². The predicted octanol–water partition coefficient (Wildman–Crippen LogP) is 1.24. The number of aliphatic carboxylic acids is 3. The average molecular weight is 314 g/mol. The molecule has 0 aromatic rings. The van der Waals surface area contributed by atoms with Gasteiger partial charge in [-0.3, -0.25) is 0 Å². The summed E-state index contributed by atoms with van der Waals surface area (Å²) in [5.74, 6) is -4.28. The molecule has 0 aliphatic carbocycles. The Morgan fingerprint density at radius 2 is 1.41 bits per heavy atom. The standard InChI is InChI=1S/C10H12O6.C4H6O2/c1-6(2)10(15)16-4-3-7(9(13)14)5-8(11)12;1-3(2)4(5)6/h5H,1,3-4H2,2H3,(H,11,12)(H,13,14);1H2,2H3,(H,5,6)/b7-5-;. The van der Waals surface area contributed by atoms with Crippen LogP contribution in [0.1, 0.15) is 20.3 Å². The van der Waals surface area contributed by atoms with Gasteiger partial charge in [-0.15, -0.1) is 0 Å². The molecule has 0 atom stereocenters. The molecule has 3 N–H and O–H groups in total. The second-order valence-corrected chi connectivity index (χ2v) is 4.06. The zero-order valence-corrected chi connectivity index (χ0v) is 12.3. The fourth-order valence-electron chi connectivity index (χ4n) is 0.767. The zero-order chi connectivity index (χ0) is 17.9. The molecule has 22 heavy (non-hydrogen) atoms. The predicted molar refractivity (Wildman–Crippen MR) is 76.2 cm³/mol. The molecule has 0 saturated heterocycles. The van der Waals surface area contributed by atoms with Gasteiger partial charge in [-0.2, -0.15) is 0 Å². The molecule has 0 aliphatic rings. The van der Waals surface area contributed by atoms with Crippen molar-refractivity contribution >= 4 is 23.9 Å². The Labute approximate surface area is 127 Å². The number of ether oxygens (including phenoxy) is 1. The maximum absolute atomic E-state index is 10.9. The SMILES string of the molecule is C=C(C)C(=O)O.C=C(C)C(=O)OCC/C(=C/C(=O)O)C(=O)O. The number of carboxylic acids is 3. The van der Waals surface area contributed by atoms with Crippen LogP contribution in [0, 0.1) is 0 Å². The van der Waals surface area contributed by atoms with Crippen LogP contribution < -0.4 is 0 Å². The molecule has 0 spiro atoms. The fraction of sp³-hybridized carbons (Fsp3) is 0.286. The Morgan fingerprint density at radius 1 is 0.955 bits per heavy atom. The van der Waals surface area contributed by atoms with Gasteiger partial charge in [-0.1, -0.05) is 13.2 Å². The molecule has 0 aromatic heterocycles. The first-order valence-electron chi connectivity index (χ1n) is 5.87. The summed E-state index contributed by atoms with van der Waals surface area (Å²) in [6, 6.07) is 0. The minimum absolute atomic E-state index is 0.166. The molecule has 8 nitrogen and oxygen atoms in total. The summed E-state index contributed by atoms with van der Waals surface area (Å²) in [6.07, 6.45) is 0.400. The fourth-order valence-corrected chi connectivity index (χ4v) is 0.767. The van der Waals surface area contributed by atoms with Crippen molar-refractivity contribution in [3.05, 3.63) is 36.0 Å². The zero-order valence-electron chi connectivity index (χ0n) is 12.3. The molecule has 0 aromatic carbocycles. The van der Waals surface area contributed by atoms with E-state index in [4.69, 9.17) is 15.3 Å². The number of hydrogen-bond donors (Lipinski definition) is 3. The van der Waals surface area contributed by atoms with Gasteiger partial charge in [-0.25, -0.2) is 19.2 Å². The van der Waals surface area contributed by atoms with E-state index in [1.807, 2.05) is 0 Å². The first-order chi connectivity index (χ1) is 9.98. The highest BCUT2D eigenvalue weighted by molar-refractivity contribution is 5.94. The maximum Gasteiger partial charge on any atom is 0.333 e. The van der Waals surface area contributed by atoms with Gasteiger partial charge >= 0.3 is 23.9 Å². The van der Waals surface area contributed by atoms with Crippen LogP contribution in [-0.4, -0.2) is 45.8 Å². The third kappa shape index (κ3) is 12.2. The van der Waals surface area contributed by atoms with E-state index in [1.54, 1.807) is 0 Å². The molecule has 0 unspecified atom stereocenters. The van der Waals surface area contributed by atoms with E-state index in [-0.39, 0.29) is 29.7 Å². The molecular formula is C14H18O8. The number of hydrogen-bond acceptors (Lipinski definition) is 5. The Morgan fingerprint density at radius 3 is 1.68 bits per heavy atom. The lowest BCUT2D eigenvalue weighted by Gasteiger charge is -2.04. The van der Waals surface area contributed by atoms with Crippen LogP contribution >= 0.6 is 0 Å². The number of esters is 1. The van der Waals surface area contributed by atoms with E-state index < -0.39 is 23.9 Å². The van der Waals surface area contributed by atoms with Gasteiger partial charge in [0.25, 0.3) is 0 Å². The quantitative estimate of drug-likeness (QED) is 0.471. The first-order valence-corrected chi connectivity index (χ1v) is 5.87. The van der Waals surface area contributed by atoms with E-state index >= 15 is 0 Å². The van der Waals surface area contributed by atoms with Crippen molar-refractivity contribution < 1.29 is 39.2 Å². The summed E-state index contributed by atoms with van der Waals surface area (Å²) in [4.78, 5) is 41.3. The highest BCUT2D eigenvalue weighted by Crippen LogP contribution is 2.03. The van der Waals surface area contributed by atoms with Crippen molar-refractivity contribution in [3.8, 4) is 0 Å². The van der Waals surface area contributed by atoms with Crippen LogP contribution in [0.3, 0.4) is 0 Å². The molecular weight excluding hydrogens is 296 g/mol. The summed E-state index contributed by atoms with van der Waals surface area (Å²) in [5.41, 5.74) is 0.0381. The minimum atomic E-state index is -1.36. The largest absolute Gasteiger partial charge is 0.478 e. The molecule has 8 heteroatoms. The molecule has 0 saturated carbocycles. The van der Waals surface area contributed by atoms with E-state index in [9.17, 15) is 19.2 Å². The lowest BCUT2D eigenvalue weighted by atomic mass is 10.2. The van der Waals surface area contributed by atoms with Gasteiger partial charge in [-0.05, 0) is 13.8 Å². The van der Waals surface area contributed by atoms with Crippen molar-refractivity contribution in [1.29, 1.82) is 0 Å². The van der Waals surface area contributed by atoms with Gasteiger partial charge < -0.3 is 20.1 Å². The van der Waals surface area contributed by atoms with Crippen LogP contribution in [0.25, 0.3) is 0 Å². The van der Waals surface area contributed by atoms with Crippen LogP contribution in [0.5, 0.6) is 0 Å². The summed E-state index contributed by atoms with van der Waals surface area (Å²) >= 11 is 0. The second kappa shape index (κ2) is 10.8. The van der Waals surface area contributed by atoms with Gasteiger partial charge in [0.05, 0.1) is 6.61 Å². The summed E-state index contributed by atoms with van der Waals surface area (Å²) in [5, 5.41) is 24.9. The van der Waals surface area contributed by atoms with Crippen molar-refractivity contribution in [1.82, 2.24) is 0 Å². The average Bonchev–Trinajstić information content (AvgIpc) is 2.37. The molecule has 0 fully saturated rings. The summed E-state index contributed by atoms with van der Waals surface area (Å²) < 4.78 is 4.63. The highest BCUT2D eigenvalue weighted by Gasteiger charge is 2.11. The Balaban J connectivity index is 0. The summed E-state index contributed by atoms with van der Waals surface area (Å²) in [6.45, 7) is 9.19. The van der Waals surface area contributed by atoms with Crippen LogP contribution in [0.4, 0.5) is 0 Å². The molecule has 0 heterocycles. The topological polar surface area (TPSA) is 138 Å². The molecule has 0 amide bonds. The maximum atomic E-state index is 10.9. The molecule has 0 radical (unpaired) electrons. The smallest absolute Gasteiger partial charge is 0.333 e. The molecule has 122 valence electrons. The normalized spacial score (nSPS) is 9.82. The van der Waals surface area contributed by atoms with Crippen molar-refractivity contribution in [2.45, 2.75) is 20.3 Å². The van der Waals surface area contributed by atoms with Gasteiger partial charge in [0.1, 0.15) is 0 Å². The minimum Gasteiger partial charge on any atom is -0.478 e. The molecule has 0 rings (SSSR count). The Kier molecular flexibility index (Phi) is 10.5. The lowest BCUT2D eigenvalue weighted by Crippen LogP contribution is -2.11. The Hall–Kier alpha value is -2.90. The van der Waals surface area contributed by atoms with Crippen molar-refractivity contribution in [2.75, 3.05) is 6.61 Å². The number of carbonyl (C=O) groups excluding carboxylic acids is 1. The lowest BCUT2D eigenvalue weighted by molar-refractivity contribution is -0.140. The number of rotatable bonds is 7. The summed E-state index contributed by atoms with van der Waals surface area (Å²) in [7, 11) is 0. The van der Waals surface area contributed by atoms with Crippen LogP contribution in [0.2, 0.25) is 0 Å². The van der Waals surface area contributed by atoms with Gasteiger partial charge in [0.2, 0.25) is 0 Å². The van der Waals surface area contributed by atoms with E-state index in [0.29, 0.717) is 6.08 Å². The molecule has 0 bridgehead atoms. The van der Waals surface area contributed by atoms with Crippen molar-refractivity contribution in [3.63, 3.8) is 0 Å². The first kappa shape index (κ1) is 21.4.